The second-order valence-electron chi connectivity index (χ2n) is 20.3. The van der Waals surface area contributed by atoms with Gasteiger partial charge in [-0.05, 0) is 106 Å². The molecule has 17 heteroatoms. The number of allylic oxidation sites excluding steroid dienone is 1. The van der Waals surface area contributed by atoms with E-state index in [2.05, 4.69) is 45.7 Å². The van der Waals surface area contributed by atoms with E-state index in [1.165, 1.54) is 6.07 Å². The van der Waals surface area contributed by atoms with Crippen molar-refractivity contribution in [1.29, 1.82) is 0 Å². The third-order valence-electron chi connectivity index (χ3n) is 15.4. The van der Waals surface area contributed by atoms with E-state index >= 15 is 4.39 Å². The number of halogens is 2. The zero-order valence-corrected chi connectivity index (χ0v) is 43.9. The summed E-state index contributed by atoms with van der Waals surface area (Å²) in [4.78, 5) is 92.1. The van der Waals surface area contributed by atoms with Crippen LogP contribution in [0.5, 0.6) is 0 Å². The molecule has 1 aromatic heterocycles. The maximum absolute atomic E-state index is 15.2. The minimum atomic E-state index is -0.622. The predicted octanol–water partition coefficient (Wildman–Crippen LogP) is 4.37. The number of aromatic nitrogens is 2. The molecule has 15 nitrogen and oxygen atoms in total. The molecular weight excluding hydrogens is 949 g/mol. The molecule has 4 fully saturated rings. The smallest absolute Gasteiger partial charge is 0.271 e. The Morgan fingerprint density at radius 2 is 1.53 bits per heavy atom. The minimum absolute atomic E-state index is 0.0105. The van der Waals surface area contributed by atoms with Crippen molar-refractivity contribution < 1.29 is 28.4 Å². The average Bonchev–Trinajstić information content (AvgIpc) is 3.41. The normalized spacial score (nSPS) is 19.3. The van der Waals surface area contributed by atoms with E-state index in [4.69, 9.17) is 11.6 Å². The Morgan fingerprint density at radius 3 is 2.21 bits per heavy atom. The van der Waals surface area contributed by atoms with Gasteiger partial charge in [-0.15, -0.1) is 11.6 Å². The van der Waals surface area contributed by atoms with Crippen molar-refractivity contribution in [3.05, 3.63) is 110 Å². The van der Waals surface area contributed by atoms with Crippen molar-refractivity contribution in [2.75, 3.05) is 97.5 Å². The first kappa shape index (κ1) is 55.0. The van der Waals surface area contributed by atoms with Gasteiger partial charge in [0.2, 0.25) is 17.7 Å². The molecule has 0 saturated carbocycles. The van der Waals surface area contributed by atoms with Gasteiger partial charge < -0.3 is 24.9 Å². The van der Waals surface area contributed by atoms with Crippen LogP contribution in [-0.4, -0.2) is 173 Å². The molecule has 0 aliphatic carbocycles. The van der Waals surface area contributed by atoms with Crippen LogP contribution in [0.3, 0.4) is 0 Å². The van der Waals surface area contributed by atoms with Gasteiger partial charge in [0.05, 0.1) is 17.8 Å². The van der Waals surface area contributed by atoms with Crippen LogP contribution in [0.2, 0.25) is 0 Å². The monoisotopic (exact) mass is 1020 g/mol. The number of alkyl halides is 1. The second kappa shape index (κ2) is 26.5. The quantitative estimate of drug-likeness (QED) is 0.177. The number of hydrogen-bond acceptors (Lipinski definition) is 9. The highest BCUT2D eigenvalue weighted by Gasteiger charge is 2.36. The third kappa shape index (κ3) is 14.1. The molecule has 2 atom stereocenters. The molecule has 2 unspecified atom stereocenters. The van der Waals surface area contributed by atoms with Crippen LogP contribution < -0.4 is 21.3 Å². The maximum Gasteiger partial charge on any atom is 0.271 e. The van der Waals surface area contributed by atoms with Gasteiger partial charge in [-0.1, -0.05) is 69.7 Å². The van der Waals surface area contributed by atoms with Crippen molar-refractivity contribution in [2.45, 2.75) is 90.5 Å². The fraction of sp³-hybridized carbons (Fsp3) is 0.554. The van der Waals surface area contributed by atoms with Crippen molar-refractivity contribution in [1.82, 2.24) is 44.9 Å². The molecule has 3 aromatic rings. The highest BCUT2D eigenvalue weighted by Crippen LogP contribution is 2.29. The van der Waals surface area contributed by atoms with Gasteiger partial charge in [0.1, 0.15) is 17.7 Å². The maximum atomic E-state index is 15.2. The van der Waals surface area contributed by atoms with Crippen molar-refractivity contribution in [2.24, 2.45) is 11.8 Å². The molecule has 5 amide bonds. The number of piperidine rings is 2. The fourth-order valence-corrected chi connectivity index (χ4v) is 11.4. The standard InChI is InChI=1S/C56H75ClFN9O6/c1-5-11-41(12-6-2)52(59-53(70)43-15-9-14-42(34-43)44-16-10-21-67(37-44)50(68)35-57)56(73)66-26-24-63(25-27-66)36-39-19-22-62(23-20-39)38-51(69)64-28-30-65(31-29-64)55(72)47-32-40(17-18-48(47)58)33-49-46(13-7-3)45(8-4)54(71)61-60-49/h7-9,13-15,17-18,32,34,39,41,44,52H,3,5-6,10-12,16,19-31,33,35-38H2,1-2,4H3,(H,59,70)(H,61,71)/b45-8+,46-13+. The zero-order valence-electron chi connectivity index (χ0n) is 43.1. The van der Waals surface area contributed by atoms with Gasteiger partial charge in [0.15, 0.2) is 0 Å². The molecule has 73 heavy (non-hydrogen) atoms. The van der Waals surface area contributed by atoms with E-state index in [-0.39, 0.29) is 58.9 Å². The lowest BCUT2D eigenvalue weighted by atomic mass is 9.88. The number of H-pyrrole nitrogens is 1. The summed E-state index contributed by atoms with van der Waals surface area (Å²) in [5.41, 5.74) is 2.41. The van der Waals surface area contributed by atoms with Crippen LogP contribution in [0.25, 0.3) is 12.2 Å². The number of rotatable bonds is 18. The van der Waals surface area contributed by atoms with Crippen LogP contribution in [0.1, 0.15) is 116 Å². The van der Waals surface area contributed by atoms with Crippen LogP contribution in [0.4, 0.5) is 4.39 Å². The highest BCUT2D eigenvalue weighted by atomic mass is 35.5. The second-order valence-corrected chi connectivity index (χ2v) is 20.5. The van der Waals surface area contributed by atoms with Gasteiger partial charge in [0, 0.05) is 100 Å². The number of carbonyl (C=O) groups excluding carboxylic acids is 5. The number of nitrogens with one attached hydrogen (secondary N) is 2. The Labute approximate surface area is 434 Å². The van der Waals surface area contributed by atoms with Crippen LogP contribution >= 0.6 is 11.6 Å². The van der Waals surface area contributed by atoms with Crippen LogP contribution in [0, 0.1) is 17.7 Å². The summed E-state index contributed by atoms with van der Waals surface area (Å²) >= 11 is 5.87. The Balaban J connectivity index is 0.854. The fourth-order valence-electron chi connectivity index (χ4n) is 11.3. The number of benzene rings is 2. The van der Waals surface area contributed by atoms with E-state index in [1.807, 2.05) is 28.0 Å². The van der Waals surface area contributed by atoms with Crippen LogP contribution in [-0.2, 0) is 20.8 Å². The Morgan fingerprint density at radius 1 is 0.836 bits per heavy atom. The lowest BCUT2D eigenvalue weighted by Crippen LogP contribution is -2.57. The number of carbonyl (C=O) groups is 5. The molecule has 0 bridgehead atoms. The first-order chi connectivity index (χ1) is 35.3. The molecule has 7 rings (SSSR count). The lowest BCUT2D eigenvalue weighted by molar-refractivity contribution is -0.137. The number of hydrogen-bond donors (Lipinski definition) is 2. The molecule has 4 aliphatic heterocycles. The van der Waals surface area contributed by atoms with E-state index in [1.54, 1.807) is 53.2 Å². The van der Waals surface area contributed by atoms with E-state index in [0.717, 1.165) is 89.7 Å². The van der Waals surface area contributed by atoms with E-state index < -0.39 is 17.8 Å². The number of aromatic amines is 1. The largest absolute Gasteiger partial charge is 0.341 e. The molecule has 5 heterocycles. The summed E-state index contributed by atoms with van der Waals surface area (Å²) in [5.74, 6) is -0.773. The summed E-state index contributed by atoms with van der Waals surface area (Å²) in [7, 11) is 0. The lowest BCUT2D eigenvalue weighted by Gasteiger charge is -2.41. The molecule has 0 spiro atoms. The van der Waals surface area contributed by atoms with Crippen molar-refractivity contribution in [3.8, 4) is 0 Å². The van der Waals surface area contributed by atoms with E-state index in [0.29, 0.717) is 92.1 Å². The molecular formula is C56H75ClFN9O6. The number of likely N-dealkylation sites (tertiary alicyclic amines) is 2. The summed E-state index contributed by atoms with van der Waals surface area (Å²) in [6.07, 6.45) is 12.5. The molecule has 2 N–H and O–H groups in total. The topological polar surface area (TPSA) is 163 Å². The highest BCUT2D eigenvalue weighted by molar-refractivity contribution is 6.27. The predicted molar refractivity (Wildman–Crippen MR) is 283 cm³/mol. The SMILES string of the molecule is C=C/C=c1/c(Cc2ccc(F)c(C(=O)N3CCN(C(=O)CN4CCC(CN5CCN(C(=O)C(NC(=O)c6cccc(C7CCCN(C(=O)CCl)C7)c6)C(CCC)CCC)CC5)CC4)CC3)c2)n[nH]c(=O)/c1=C/C. The Bertz CT molecular complexity index is 2620. The molecule has 0 radical (unpaired) electrons. The van der Waals surface area contributed by atoms with Gasteiger partial charge in [-0.25, -0.2) is 9.49 Å². The number of amides is 5. The van der Waals surface area contributed by atoms with Crippen molar-refractivity contribution in [3.63, 3.8) is 0 Å². The summed E-state index contributed by atoms with van der Waals surface area (Å²) in [5, 5.41) is 11.1. The van der Waals surface area contributed by atoms with Gasteiger partial charge >= 0.3 is 0 Å². The zero-order chi connectivity index (χ0) is 52.0. The average molecular weight is 1020 g/mol. The first-order valence-electron chi connectivity index (χ1n) is 26.5. The molecule has 2 aromatic carbocycles. The van der Waals surface area contributed by atoms with Crippen LogP contribution in [0.15, 0.2) is 59.9 Å². The summed E-state index contributed by atoms with van der Waals surface area (Å²) in [6, 6.07) is 11.4. The third-order valence-corrected chi connectivity index (χ3v) is 15.6. The number of piperazine rings is 2. The molecule has 4 saturated heterocycles. The minimum Gasteiger partial charge on any atom is -0.341 e. The Kier molecular flexibility index (Phi) is 20.0. The Hall–Kier alpha value is -5.71. The summed E-state index contributed by atoms with van der Waals surface area (Å²) < 4.78 is 15.2. The summed E-state index contributed by atoms with van der Waals surface area (Å²) in [6.45, 7) is 18.0. The molecule has 394 valence electrons. The first-order valence-corrected chi connectivity index (χ1v) is 27.1. The van der Waals surface area contributed by atoms with Crippen molar-refractivity contribution >= 4 is 53.3 Å². The van der Waals surface area contributed by atoms with Gasteiger partial charge in [-0.2, -0.15) is 5.10 Å². The number of nitrogens with zero attached hydrogens (tertiary/aromatic N) is 7. The van der Waals surface area contributed by atoms with Gasteiger partial charge in [-0.3, -0.25) is 38.6 Å². The van der Waals surface area contributed by atoms with Gasteiger partial charge in [0.25, 0.3) is 17.4 Å². The van der Waals surface area contributed by atoms with E-state index in [9.17, 15) is 28.8 Å². The molecule has 4 aliphatic rings.